The standard InChI is InChI=1S/C14H14ClF3N2/c1-8(15)13-19-11-7-9(14(16,17)18)5-6-12(11)20(13)10-3-2-4-10/h5-8,10H,2-4H2,1H3. The first-order chi connectivity index (χ1) is 9.38. The lowest BCUT2D eigenvalue weighted by molar-refractivity contribution is -0.137. The van der Waals surface area contributed by atoms with Crippen molar-refractivity contribution >= 4 is 22.6 Å². The Morgan fingerprint density at radius 2 is 2.05 bits per heavy atom. The number of nitrogens with zero attached hydrogens (tertiary/aromatic N) is 2. The van der Waals surface area contributed by atoms with Crippen LogP contribution in [0.2, 0.25) is 0 Å². The highest BCUT2D eigenvalue weighted by molar-refractivity contribution is 6.20. The zero-order chi connectivity index (χ0) is 14.5. The normalized spacial score (nSPS) is 18.2. The number of benzene rings is 1. The van der Waals surface area contributed by atoms with Gasteiger partial charge in [-0.05, 0) is 44.4 Å². The molecule has 1 aromatic heterocycles. The fourth-order valence-electron chi connectivity index (χ4n) is 2.60. The van der Waals surface area contributed by atoms with Gasteiger partial charge >= 0.3 is 6.18 Å². The second-order valence-corrected chi connectivity index (χ2v) is 5.90. The molecular formula is C14H14ClF3N2. The van der Waals surface area contributed by atoms with Gasteiger partial charge in [-0.1, -0.05) is 0 Å². The molecule has 3 rings (SSSR count). The molecule has 0 N–H and O–H groups in total. The van der Waals surface area contributed by atoms with Crippen LogP contribution < -0.4 is 0 Å². The van der Waals surface area contributed by atoms with E-state index in [4.69, 9.17) is 11.6 Å². The minimum absolute atomic E-state index is 0.313. The molecule has 1 unspecified atom stereocenters. The third-order valence-electron chi connectivity index (χ3n) is 3.84. The molecule has 1 aromatic carbocycles. The fraction of sp³-hybridized carbons (Fsp3) is 0.500. The van der Waals surface area contributed by atoms with E-state index in [2.05, 4.69) is 4.98 Å². The van der Waals surface area contributed by atoms with Crippen LogP contribution in [0.1, 0.15) is 49.0 Å². The topological polar surface area (TPSA) is 17.8 Å². The first-order valence-corrected chi connectivity index (χ1v) is 7.04. The van der Waals surface area contributed by atoms with Crippen molar-refractivity contribution < 1.29 is 13.2 Å². The molecule has 0 saturated heterocycles. The van der Waals surface area contributed by atoms with E-state index in [1.165, 1.54) is 6.07 Å². The highest BCUT2D eigenvalue weighted by Crippen LogP contribution is 2.39. The van der Waals surface area contributed by atoms with Crippen molar-refractivity contribution in [1.29, 1.82) is 0 Å². The largest absolute Gasteiger partial charge is 0.416 e. The molecule has 0 amide bonds. The van der Waals surface area contributed by atoms with Crippen LogP contribution >= 0.6 is 11.6 Å². The van der Waals surface area contributed by atoms with Crippen LogP contribution in [0.15, 0.2) is 18.2 Å². The number of hydrogen-bond donors (Lipinski definition) is 0. The van der Waals surface area contributed by atoms with Crippen LogP contribution in [0.5, 0.6) is 0 Å². The first kappa shape index (κ1) is 13.7. The van der Waals surface area contributed by atoms with Gasteiger partial charge in [0.15, 0.2) is 0 Å². The van der Waals surface area contributed by atoms with Gasteiger partial charge < -0.3 is 4.57 Å². The van der Waals surface area contributed by atoms with E-state index >= 15 is 0 Å². The highest BCUT2D eigenvalue weighted by atomic mass is 35.5. The molecule has 108 valence electrons. The third kappa shape index (κ3) is 2.18. The molecule has 1 fully saturated rings. The number of hydrogen-bond acceptors (Lipinski definition) is 1. The van der Waals surface area contributed by atoms with E-state index in [9.17, 15) is 13.2 Å². The second kappa shape index (κ2) is 4.65. The molecule has 1 saturated carbocycles. The fourth-order valence-corrected chi connectivity index (χ4v) is 2.76. The van der Waals surface area contributed by atoms with E-state index in [0.29, 0.717) is 17.4 Å². The van der Waals surface area contributed by atoms with Crippen molar-refractivity contribution in [2.45, 2.75) is 43.8 Å². The van der Waals surface area contributed by atoms with Crippen LogP contribution in [0.25, 0.3) is 11.0 Å². The zero-order valence-electron chi connectivity index (χ0n) is 10.9. The summed E-state index contributed by atoms with van der Waals surface area (Å²) in [4.78, 5) is 4.32. The minimum Gasteiger partial charge on any atom is -0.324 e. The van der Waals surface area contributed by atoms with Gasteiger partial charge in [0, 0.05) is 6.04 Å². The van der Waals surface area contributed by atoms with Crippen LogP contribution in [0, 0.1) is 0 Å². The van der Waals surface area contributed by atoms with Gasteiger partial charge in [0.25, 0.3) is 0 Å². The van der Waals surface area contributed by atoms with Gasteiger partial charge in [-0.3, -0.25) is 0 Å². The SMILES string of the molecule is CC(Cl)c1nc2cc(C(F)(F)F)ccc2n1C1CCC1. The number of rotatable bonds is 2. The van der Waals surface area contributed by atoms with E-state index in [0.717, 1.165) is 36.9 Å². The average Bonchev–Trinajstić information content (AvgIpc) is 2.65. The van der Waals surface area contributed by atoms with Gasteiger partial charge in [-0.2, -0.15) is 13.2 Å². The minimum atomic E-state index is -4.35. The molecule has 1 atom stereocenters. The molecule has 0 bridgehead atoms. The smallest absolute Gasteiger partial charge is 0.324 e. The highest BCUT2D eigenvalue weighted by Gasteiger charge is 2.32. The molecule has 0 spiro atoms. The summed E-state index contributed by atoms with van der Waals surface area (Å²) in [5.74, 6) is 0.658. The maximum Gasteiger partial charge on any atom is 0.416 e. The number of fused-ring (bicyclic) bond motifs is 1. The Morgan fingerprint density at radius 3 is 2.55 bits per heavy atom. The predicted molar refractivity (Wildman–Crippen MR) is 71.9 cm³/mol. The number of aromatic nitrogens is 2. The van der Waals surface area contributed by atoms with Crippen molar-refractivity contribution in [2.24, 2.45) is 0 Å². The van der Waals surface area contributed by atoms with E-state index < -0.39 is 11.7 Å². The number of imidazole rings is 1. The third-order valence-corrected chi connectivity index (χ3v) is 4.03. The monoisotopic (exact) mass is 302 g/mol. The number of halogens is 4. The summed E-state index contributed by atoms with van der Waals surface area (Å²) < 4.78 is 40.3. The van der Waals surface area contributed by atoms with Crippen molar-refractivity contribution in [3.63, 3.8) is 0 Å². The molecule has 0 aliphatic heterocycles. The summed E-state index contributed by atoms with van der Waals surface area (Å²) >= 11 is 6.13. The van der Waals surface area contributed by atoms with Crippen molar-refractivity contribution in [3.8, 4) is 0 Å². The van der Waals surface area contributed by atoms with E-state index in [1.54, 1.807) is 6.92 Å². The molecule has 0 radical (unpaired) electrons. The Morgan fingerprint density at radius 1 is 1.35 bits per heavy atom. The zero-order valence-corrected chi connectivity index (χ0v) is 11.7. The van der Waals surface area contributed by atoms with Crippen LogP contribution in [0.3, 0.4) is 0 Å². The van der Waals surface area contributed by atoms with Gasteiger partial charge in [0.2, 0.25) is 0 Å². The summed E-state index contributed by atoms with van der Waals surface area (Å²) in [6.07, 6.45) is -1.14. The Balaban J connectivity index is 2.18. The lowest BCUT2D eigenvalue weighted by Crippen LogP contribution is -2.19. The van der Waals surface area contributed by atoms with Crippen LogP contribution in [0.4, 0.5) is 13.2 Å². The molecule has 20 heavy (non-hydrogen) atoms. The van der Waals surface area contributed by atoms with Gasteiger partial charge in [-0.15, -0.1) is 11.6 Å². The summed E-state index contributed by atoms with van der Waals surface area (Å²) in [5.41, 5.74) is 0.441. The van der Waals surface area contributed by atoms with Gasteiger partial charge in [0.1, 0.15) is 5.82 Å². The lowest BCUT2D eigenvalue weighted by atomic mass is 9.92. The average molecular weight is 303 g/mol. The van der Waals surface area contributed by atoms with Gasteiger partial charge in [-0.25, -0.2) is 4.98 Å². The molecule has 1 aliphatic carbocycles. The molecular weight excluding hydrogens is 289 g/mol. The Bertz CT molecular complexity index is 642. The Labute approximate surface area is 119 Å². The van der Waals surface area contributed by atoms with Crippen molar-refractivity contribution in [1.82, 2.24) is 9.55 Å². The predicted octanol–water partition coefficient (Wildman–Crippen LogP) is 5.08. The van der Waals surface area contributed by atoms with E-state index in [1.807, 2.05) is 4.57 Å². The maximum absolute atomic E-state index is 12.8. The Kier molecular flexibility index (Phi) is 3.20. The van der Waals surface area contributed by atoms with Crippen LogP contribution in [-0.2, 0) is 6.18 Å². The second-order valence-electron chi connectivity index (χ2n) is 5.24. The van der Waals surface area contributed by atoms with Crippen LogP contribution in [-0.4, -0.2) is 9.55 Å². The molecule has 6 heteroatoms. The summed E-state index contributed by atoms with van der Waals surface area (Å²) in [6, 6.07) is 4.04. The summed E-state index contributed by atoms with van der Waals surface area (Å²) in [5, 5.41) is -0.322. The summed E-state index contributed by atoms with van der Waals surface area (Å²) in [6.45, 7) is 1.79. The first-order valence-electron chi connectivity index (χ1n) is 6.61. The van der Waals surface area contributed by atoms with E-state index in [-0.39, 0.29) is 5.38 Å². The maximum atomic E-state index is 12.8. The quantitative estimate of drug-likeness (QED) is 0.707. The van der Waals surface area contributed by atoms with Gasteiger partial charge in [0.05, 0.1) is 22.0 Å². The van der Waals surface area contributed by atoms with Crippen molar-refractivity contribution in [3.05, 3.63) is 29.6 Å². The molecule has 2 nitrogen and oxygen atoms in total. The summed E-state index contributed by atoms with van der Waals surface area (Å²) in [7, 11) is 0. The molecule has 1 heterocycles. The molecule has 2 aromatic rings. The van der Waals surface area contributed by atoms with Crippen molar-refractivity contribution in [2.75, 3.05) is 0 Å². The number of alkyl halides is 4. The lowest BCUT2D eigenvalue weighted by Gasteiger charge is -2.29. The Hall–Kier alpha value is -1.23. The molecule has 1 aliphatic rings.